The van der Waals surface area contributed by atoms with Crippen LogP contribution in [0.1, 0.15) is 28.3 Å². The van der Waals surface area contributed by atoms with E-state index in [9.17, 15) is 0 Å². The molecule has 3 aromatic carbocycles. The molecule has 35 heavy (non-hydrogen) atoms. The molecule has 178 valence electrons. The van der Waals surface area contributed by atoms with E-state index in [1.807, 2.05) is 6.07 Å². The number of ether oxygens (including phenoxy) is 2. The van der Waals surface area contributed by atoms with Crippen LogP contribution in [0.25, 0.3) is 10.9 Å². The fraction of sp³-hybridized carbons (Fsp3) is 0.300. The van der Waals surface area contributed by atoms with Crippen LogP contribution < -0.4 is 9.47 Å². The van der Waals surface area contributed by atoms with E-state index in [1.54, 1.807) is 14.2 Å². The third kappa shape index (κ3) is 4.00. The first-order valence-corrected chi connectivity index (χ1v) is 12.4. The van der Waals surface area contributed by atoms with Gasteiger partial charge in [0.2, 0.25) is 5.71 Å². The van der Waals surface area contributed by atoms with E-state index in [2.05, 4.69) is 81.2 Å². The molecule has 0 amide bonds. The number of rotatable bonds is 6. The molecule has 0 fully saturated rings. The second-order valence-corrected chi connectivity index (χ2v) is 9.54. The Hall–Kier alpha value is -3.57. The molecule has 0 bridgehead atoms. The van der Waals surface area contributed by atoms with Crippen LogP contribution in [-0.4, -0.2) is 60.7 Å². The van der Waals surface area contributed by atoms with Crippen LogP contribution in [0.15, 0.2) is 72.8 Å². The monoisotopic (exact) mass is 466 g/mol. The molecule has 5 nitrogen and oxygen atoms in total. The van der Waals surface area contributed by atoms with Gasteiger partial charge < -0.3 is 14.5 Å². The molecule has 0 saturated heterocycles. The highest BCUT2D eigenvalue weighted by molar-refractivity contribution is 6.07. The van der Waals surface area contributed by atoms with Gasteiger partial charge in [0.05, 0.1) is 20.1 Å². The lowest BCUT2D eigenvalue weighted by molar-refractivity contribution is -0.556. The predicted octanol–water partition coefficient (Wildman–Crippen LogP) is 4.84. The summed E-state index contributed by atoms with van der Waals surface area (Å²) in [4.78, 5) is 6.39. The van der Waals surface area contributed by atoms with Gasteiger partial charge in [0.15, 0.2) is 18.2 Å². The summed E-state index contributed by atoms with van der Waals surface area (Å²) in [5.41, 5.74) is 8.17. The molecule has 1 unspecified atom stereocenters. The summed E-state index contributed by atoms with van der Waals surface area (Å²) in [6.07, 6.45) is 2.05. The zero-order valence-corrected chi connectivity index (χ0v) is 20.5. The normalized spacial score (nSPS) is 17.8. The quantitative estimate of drug-likeness (QED) is 0.413. The number of hydrogen-bond acceptors (Lipinski definition) is 3. The molecule has 1 N–H and O–H groups in total. The Labute approximate surface area is 206 Å². The Balaban J connectivity index is 1.32. The van der Waals surface area contributed by atoms with Crippen molar-refractivity contribution in [1.29, 1.82) is 0 Å². The summed E-state index contributed by atoms with van der Waals surface area (Å²) in [6.45, 7) is 4.03. The average molecular weight is 467 g/mol. The number of methoxy groups -OCH3 is 2. The van der Waals surface area contributed by atoms with Crippen LogP contribution in [0.2, 0.25) is 0 Å². The molecule has 3 heterocycles. The van der Waals surface area contributed by atoms with Crippen molar-refractivity contribution in [2.45, 2.75) is 18.8 Å². The smallest absolute Gasteiger partial charge is 0.210 e. The fourth-order valence-corrected chi connectivity index (χ4v) is 5.82. The molecule has 0 radical (unpaired) electrons. The molecule has 0 aliphatic carbocycles. The van der Waals surface area contributed by atoms with E-state index in [0.29, 0.717) is 5.92 Å². The number of fused-ring (bicyclic) bond motifs is 4. The molecule has 0 spiro atoms. The van der Waals surface area contributed by atoms with Gasteiger partial charge in [-0.15, -0.1) is 0 Å². The van der Waals surface area contributed by atoms with Gasteiger partial charge in [0, 0.05) is 30.4 Å². The number of nitrogens with one attached hydrogen (secondary N) is 1. The van der Waals surface area contributed by atoms with Crippen molar-refractivity contribution < 1.29 is 14.0 Å². The SMILES string of the molecule is COc1ccc(CCN2CC(c3ccccc3)C3=[N+](CCc4c3[nH]c3ccccc43)C2)cc1OC. The van der Waals surface area contributed by atoms with Crippen molar-refractivity contribution in [3.8, 4) is 11.5 Å². The molecule has 4 aromatic rings. The Kier molecular flexibility index (Phi) is 5.78. The number of aromatic amines is 1. The molecule has 0 saturated carbocycles. The van der Waals surface area contributed by atoms with Crippen molar-refractivity contribution >= 4 is 16.6 Å². The van der Waals surface area contributed by atoms with E-state index in [1.165, 1.54) is 39.0 Å². The Morgan fingerprint density at radius 2 is 1.74 bits per heavy atom. The van der Waals surface area contributed by atoms with Crippen LogP contribution in [0.4, 0.5) is 0 Å². The second-order valence-electron chi connectivity index (χ2n) is 9.54. The van der Waals surface area contributed by atoms with Gasteiger partial charge in [-0.05, 0) is 41.3 Å². The molecule has 1 aromatic heterocycles. The van der Waals surface area contributed by atoms with Crippen molar-refractivity contribution in [1.82, 2.24) is 9.88 Å². The number of aromatic nitrogens is 1. The maximum absolute atomic E-state index is 5.52. The van der Waals surface area contributed by atoms with Gasteiger partial charge in [-0.2, -0.15) is 0 Å². The third-order valence-electron chi connectivity index (χ3n) is 7.55. The van der Waals surface area contributed by atoms with Gasteiger partial charge in [0.25, 0.3) is 0 Å². The Morgan fingerprint density at radius 1 is 0.943 bits per heavy atom. The van der Waals surface area contributed by atoms with Crippen LogP contribution in [0.3, 0.4) is 0 Å². The highest BCUT2D eigenvalue weighted by atomic mass is 16.5. The number of hydrogen-bond donors (Lipinski definition) is 1. The first-order valence-electron chi connectivity index (χ1n) is 12.4. The van der Waals surface area contributed by atoms with Crippen LogP contribution in [-0.2, 0) is 12.8 Å². The first-order chi connectivity index (χ1) is 17.2. The van der Waals surface area contributed by atoms with Crippen LogP contribution in [0.5, 0.6) is 11.5 Å². The molecule has 1 atom stereocenters. The zero-order chi connectivity index (χ0) is 23.8. The lowest BCUT2D eigenvalue weighted by atomic mass is 9.86. The minimum absolute atomic E-state index is 0.336. The van der Waals surface area contributed by atoms with E-state index in [0.717, 1.165) is 50.6 Å². The Bertz CT molecular complexity index is 1390. The first kappa shape index (κ1) is 21.9. The minimum atomic E-state index is 0.336. The van der Waals surface area contributed by atoms with Gasteiger partial charge in [0.1, 0.15) is 12.2 Å². The lowest BCUT2D eigenvalue weighted by Crippen LogP contribution is -2.49. The van der Waals surface area contributed by atoms with E-state index in [-0.39, 0.29) is 0 Å². The second kappa shape index (κ2) is 9.23. The van der Waals surface area contributed by atoms with Gasteiger partial charge in [-0.25, -0.2) is 9.48 Å². The zero-order valence-electron chi connectivity index (χ0n) is 20.5. The summed E-state index contributed by atoms with van der Waals surface area (Å²) in [5, 5.41) is 1.37. The standard InChI is InChI=1S/C30H31N3O2/c1-34-27-13-12-21(18-28(27)35-2)14-16-32-19-25(22-8-4-3-5-9-22)30-29-24(15-17-33(30)20-32)23-10-6-7-11-26(23)31-29/h3-13,18,25H,14-17,19-20H2,1-2H3/p+1. The van der Waals surface area contributed by atoms with Crippen LogP contribution >= 0.6 is 0 Å². The summed E-state index contributed by atoms with van der Waals surface area (Å²) in [6, 6.07) is 26.0. The number of nitrogens with zero attached hydrogens (tertiary/aromatic N) is 2. The largest absolute Gasteiger partial charge is 0.493 e. The number of H-pyrrole nitrogens is 1. The fourth-order valence-electron chi connectivity index (χ4n) is 5.82. The summed E-state index contributed by atoms with van der Waals surface area (Å²) in [7, 11) is 3.38. The number of benzene rings is 3. The van der Waals surface area contributed by atoms with Gasteiger partial charge >= 0.3 is 0 Å². The van der Waals surface area contributed by atoms with E-state index in [4.69, 9.17) is 9.47 Å². The lowest BCUT2D eigenvalue weighted by Gasteiger charge is -2.34. The van der Waals surface area contributed by atoms with Crippen molar-refractivity contribution in [2.75, 3.05) is 40.5 Å². The van der Waals surface area contributed by atoms with E-state index >= 15 is 0 Å². The summed E-state index contributed by atoms with van der Waals surface area (Å²) < 4.78 is 13.5. The Morgan fingerprint density at radius 3 is 2.57 bits per heavy atom. The maximum atomic E-state index is 5.52. The molecule has 5 heteroatoms. The topological polar surface area (TPSA) is 40.5 Å². The molecule has 2 aliphatic rings. The molecular formula is C30H32N3O2+. The molecular weight excluding hydrogens is 434 g/mol. The summed E-state index contributed by atoms with van der Waals surface area (Å²) in [5.74, 6) is 1.91. The number of para-hydroxylation sites is 1. The van der Waals surface area contributed by atoms with Crippen molar-refractivity contribution in [2.24, 2.45) is 0 Å². The highest BCUT2D eigenvalue weighted by Crippen LogP contribution is 2.34. The molecule has 2 aliphatic heterocycles. The van der Waals surface area contributed by atoms with Gasteiger partial charge in [-0.1, -0.05) is 54.6 Å². The van der Waals surface area contributed by atoms with Crippen molar-refractivity contribution in [3.05, 3.63) is 95.2 Å². The van der Waals surface area contributed by atoms with Crippen LogP contribution in [0, 0.1) is 0 Å². The average Bonchev–Trinajstić information content (AvgIpc) is 3.30. The maximum Gasteiger partial charge on any atom is 0.210 e. The van der Waals surface area contributed by atoms with Gasteiger partial charge in [-0.3, -0.25) is 0 Å². The summed E-state index contributed by atoms with van der Waals surface area (Å²) >= 11 is 0. The third-order valence-corrected chi connectivity index (χ3v) is 7.55. The highest BCUT2D eigenvalue weighted by Gasteiger charge is 2.40. The van der Waals surface area contributed by atoms with E-state index < -0.39 is 0 Å². The van der Waals surface area contributed by atoms with Crippen molar-refractivity contribution in [3.63, 3.8) is 0 Å². The predicted molar refractivity (Wildman–Crippen MR) is 140 cm³/mol. The molecule has 6 rings (SSSR count). The minimum Gasteiger partial charge on any atom is -0.493 e.